The van der Waals surface area contributed by atoms with Crippen LogP contribution in [0.1, 0.15) is 41.1 Å². The summed E-state index contributed by atoms with van der Waals surface area (Å²) in [7, 11) is -2.72. The largest absolute Gasteiger partial charge is 0.493 e. The number of methoxy groups -OCH3 is 1. The number of aryl methyl sites for hydroxylation is 1. The van der Waals surface area contributed by atoms with Crippen LogP contribution >= 0.6 is 0 Å². The van der Waals surface area contributed by atoms with Gasteiger partial charge in [0.25, 0.3) is 5.91 Å². The van der Waals surface area contributed by atoms with Gasteiger partial charge in [-0.25, -0.2) is 18.1 Å². The molecule has 3 amide bonds. The Morgan fingerprint density at radius 2 is 1.75 bits per heavy atom. The van der Waals surface area contributed by atoms with Crippen LogP contribution in [0.3, 0.4) is 0 Å². The van der Waals surface area contributed by atoms with Crippen LogP contribution in [-0.2, 0) is 32.6 Å². The number of carbonyl (C=O) groups is 3. The van der Waals surface area contributed by atoms with Crippen molar-refractivity contribution in [1.82, 2.24) is 29.7 Å². The first-order valence-corrected chi connectivity index (χ1v) is 16.9. The smallest absolute Gasteiger partial charge is 0.251 e. The maximum atomic E-state index is 14.0. The molecule has 0 unspecified atom stereocenters. The summed E-state index contributed by atoms with van der Waals surface area (Å²) in [6.07, 6.45) is 0.624. The Morgan fingerprint density at radius 3 is 2.54 bits per heavy atom. The normalized spacial score (nSPS) is 17.9. The number of benzene rings is 3. The lowest BCUT2D eigenvalue weighted by Gasteiger charge is -2.24. The number of hydrogen-bond acceptors (Lipinski definition) is 9. The summed E-state index contributed by atoms with van der Waals surface area (Å²) in [5, 5.41) is 13.0. The van der Waals surface area contributed by atoms with Crippen molar-refractivity contribution < 1.29 is 32.3 Å². The number of ether oxygens (including phenoxy) is 2. The predicted octanol–water partition coefficient (Wildman–Crippen LogP) is 2.53. The van der Waals surface area contributed by atoms with E-state index in [4.69, 9.17) is 14.5 Å². The van der Waals surface area contributed by atoms with E-state index in [9.17, 15) is 22.8 Å². The number of sulfonamides is 1. The van der Waals surface area contributed by atoms with Gasteiger partial charge in [-0.2, -0.15) is 9.40 Å². The van der Waals surface area contributed by atoms with Gasteiger partial charge < -0.3 is 25.4 Å². The Kier molecular flexibility index (Phi) is 9.41. The van der Waals surface area contributed by atoms with Crippen molar-refractivity contribution in [3.05, 3.63) is 83.7 Å². The number of anilines is 1. The summed E-state index contributed by atoms with van der Waals surface area (Å²) >= 11 is 0. The number of nitrogens with one attached hydrogen (secondary N) is 3. The topological polar surface area (TPSA) is 174 Å². The molecule has 14 nitrogen and oxygen atoms in total. The van der Waals surface area contributed by atoms with Gasteiger partial charge in [-0.15, -0.1) is 0 Å². The molecule has 6 rings (SSSR count). The lowest BCUT2D eigenvalue weighted by Crippen LogP contribution is -2.45. The average Bonchev–Trinajstić information content (AvgIpc) is 3.51. The maximum absolute atomic E-state index is 14.0. The molecule has 3 heterocycles. The molecule has 3 N–H and O–H groups in total. The molecule has 0 saturated heterocycles. The minimum Gasteiger partial charge on any atom is -0.493 e. The fourth-order valence-corrected chi connectivity index (χ4v) is 7.03. The van der Waals surface area contributed by atoms with E-state index in [-0.39, 0.29) is 49.0 Å². The Labute approximate surface area is 277 Å². The number of amides is 3. The van der Waals surface area contributed by atoms with Crippen LogP contribution in [0.5, 0.6) is 11.5 Å². The molecular weight excluding hydrogens is 638 g/mol. The molecule has 0 saturated carbocycles. The van der Waals surface area contributed by atoms with Gasteiger partial charge in [-0.1, -0.05) is 30.3 Å². The van der Waals surface area contributed by atoms with Gasteiger partial charge >= 0.3 is 0 Å². The highest BCUT2D eigenvalue weighted by molar-refractivity contribution is 7.89. The molecule has 3 aromatic carbocycles. The Bertz CT molecular complexity index is 1960. The Balaban J connectivity index is 1.34. The van der Waals surface area contributed by atoms with Crippen LogP contribution in [0.15, 0.2) is 71.6 Å². The number of hydrogen-bond donors (Lipinski definition) is 3. The predicted molar refractivity (Wildman–Crippen MR) is 175 cm³/mol. The summed E-state index contributed by atoms with van der Waals surface area (Å²) < 4.78 is 42.1. The van der Waals surface area contributed by atoms with E-state index in [2.05, 4.69) is 21.0 Å². The summed E-state index contributed by atoms with van der Waals surface area (Å²) in [6, 6.07) is 17.9. The van der Waals surface area contributed by atoms with Crippen molar-refractivity contribution in [3.8, 4) is 22.9 Å². The zero-order chi connectivity index (χ0) is 33.8. The molecule has 0 radical (unpaired) electrons. The number of fused-ring (bicyclic) bond motifs is 4. The standard InChI is InChI=1S/C33H35N7O7S/c1-21-32-37-31(22-6-4-3-5-7-22)38-40(32)16-17-47-28-19-24(8-12-27(28)46-2)33(43)34-14-15-39(20-30(42)35-21)48(44,45)25-10-11-26-23(18-25)9-13-29(41)36-26/h3-8,10-12,18-19,21H,9,13-17,20H2,1-2H3,(H,34,43)(H,35,42)(H,36,41)/t21-/m1/s1. The molecule has 15 heteroatoms. The van der Waals surface area contributed by atoms with Crippen LogP contribution in [0.25, 0.3) is 11.4 Å². The fourth-order valence-electron chi connectivity index (χ4n) is 5.58. The number of aromatic nitrogens is 3. The van der Waals surface area contributed by atoms with Crippen molar-refractivity contribution in [2.45, 2.75) is 37.2 Å². The highest BCUT2D eigenvalue weighted by Gasteiger charge is 2.30. The van der Waals surface area contributed by atoms with E-state index < -0.39 is 34.4 Å². The second-order valence-electron chi connectivity index (χ2n) is 11.3. The zero-order valence-corrected chi connectivity index (χ0v) is 27.2. The first-order chi connectivity index (χ1) is 23.1. The molecule has 2 bridgehead atoms. The molecule has 2 aliphatic rings. The quantitative estimate of drug-likeness (QED) is 0.294. The third kappa shape index (κ3) is 7.01. The number of rotatable bonds is 4. The Morgan fingerprint density at radius 1 is 0.938 bits per heavy atom. The van der Waals surface area contributed by atoms with Crippen LogP contribution < -0.4 is 25.4 Å². The van der Waals surface area contributed by atoms with E-state index in [0.29, 0.717) is 40.8 Å². The fraction of sp³-hybridized carbons (Fsp3) is 0.303. The first kappa shape index (κ1) is 32.7. The lowest BCUT2D eigenvalue weighted by molar-refractivity contribution is -0.122. The summed E-state index contributed by atoms with van der Waals surface area (Å²) in [4.78, 5) is 43.2. The highest BCUT2D eigenvalue weighted by Crippen LogP contribution is 2.29. The van der Waals surface area contributed by atoms with Gasteiger partial charge in [-0.3, -0.25) is 14.4 Å². The molecular formula is C33H35N7O7S. The third-order valence-corrected chi connectivity index (χ3v) is 9.90. The van der Waals surface area contributed by atoms with Crippen LogP contribution in [0.2, 0.25) is 0 Å². The third-order valence-electron chi connectivity index (χ3n) is 8.06. The molecule has 0 aliphatic carbocycles. The summed E-state index contributed by atoms with van der Waals surface area (Å²) in [5.74, 6) is 0.487. The van der Waals surface area contributed by atoms with Crippen LogP contribution in [0, 0.1) is 0 Å². The van der Waals surface area contributed by atoms with Crippen molar-refractivity contribution in [2.24, 2.45) is 0 Å². The van der Waals surface area contributed by atoms with Gasteiger partial charge in [0.05, 0.1) is 31.1 Å². The van der Waals surface area contributed by atoms with Gasteiger partial charge in [0.1, 0.15) is 12.4 Å². The van der Waals surface area contributed by atoms with Crippen molar-refractivity contribution in [1.29, 1.82) is 0 Å². The minimum atomic E-state index is -4.22. The van der Waals surface area contributed by atoms with Crippen LogP contribution in [-0.4, -0.2) is 78.6 Å². The SMILES string of the molecule is COc1ccc2cc1OCCn1nc(-c3ccccc3)nc1[C@@H](C)NC(=O)CN(S(=O)(=O)c1ccc3c(c1)CCC(=O)N3)CCNC2=O. The monoisotopic (exact) mass is 673 g/mol. The molecule has 0 fully saturated rings. The molecule has 48 heavy (non-hydrogen) atoms. The maximum Gasteiger partial charge on any atom is 0.251 e. The minimum absolute atomic E-state index is 0.0281. The molecule has 250 valence electrons. The first-order valence-electron chi connectivity index (χ1n) is 15.4. The summed E-state index contributed by atoms with van der Waals surface area (Å²) in [6.45, 7) is 1.32. The average molecular weight is 674 g/mol. The van der Waals surface area contributed by atoms with E-state index in [0.717, 1.165) is 9.87 Å². The molecule has 2 aliphatic heterocycles. The zero-order valence-electron chi connectivity index (χ0n) is 26.4. The van der Waals surface area contributed by atoms with E-state index in [1.54, 1.807) is 35.9 Å². The Hall–Kier alpha value is -5.28. The van der Waals surface area contributed by atoms with E-state index in [1.165, 1.54) is 19.2 Å². The van der Waals surface area contributed by atoms with Gasteiger partial charge in [-0.05, 0) is 55.3 Å². The van der Waals surface area contributed by atoms with Gasteiger partial charge in [0.2, 0.25) is 21.8 Å². The van der Waals surface area contributed by atoms with E-state index in [1.807, 2.05) is 30.3 Å². The van der Waals surface area contributed by atoms with Crippen molar-refractivity contribution in [3.63, 3.8) is 0 Å². The second-order valence-corrected chi connectivity index (χ2v) is 13.3. The molecule has 4 aromatic rings. The highest BCUT2D eigenvalue weighted by atomic mass is 32.2. The number of nitrogens with zero attached hydrogens (tertiary/aromatic N) is 4. The van der Waals surface area contributed by atoms with Gasteiger partial charge in [0.15, 0.2) is 17.3 Å². The van der Waals surface area contributed by atoms with Crippen LogP contribution in [0.4, 0.5) is 5.69 Å². The van der Waals surface area contributed by atoms with Crippen molar-refractivity contribution >= 4 is 33.4 Å². The molecule has 0 spiro atoms. The molecule has 1 aromatic heterocycles. The van der Waals surface area contributed by atoms with Gasteiger partial charge in [0, 0.05) is 36.3 Å². The van der Waals surface area contributed by atoms with E-state index >= 15 is 0 Å². The second kappa shape index (κ2) is 13.8. The lowest BCUT2D eigenvalue weighted by atomic mass is 10.0. The molecule has 1 atom stereocenters. The summed E-state index contributed by atoms with van der Waals surface area (Å²) in [5.41, 5.74) is 2.29. The van der Waals surface area contributed by atoms with Crippen molar-refractivity contribution in [2.75, 3.05) is 38.7 Å². The number of carbonyl (C=O) groups excluding carboxylic acids is 3.